The molecule has 12 heteroatoms. The van der Waals surface area contributed by atoms with Crippen molar-refractivity contribution in [1.82, 2.24) is 9.97 Å². The average Bonchev–Trinajstić information content (AvgIpc) is 3.19. The third kappa shape index (κ3) is 4.40. The molecule has 5 rings (SSSR count). The molecular weight excluding hydrogens is 495 g/mol. The summed E-state index contributed by atoms with van der Waals surface area (Å²) in [5.74, 6) is 0.189. The molecular formula is C24H24F3N5O3S. The highest BCUT2D eigenvalue weighted by Gasteiger charge is 2.52. The quantitative estimate of drug-likeness (QED) is 0.530. The molecule has 2 fully saturated rings. The summed E-state index contributed by atoms with van der Waals surface area (Å²) < 4.78 is 75.3. The number of anilines is 2. The topological polar surface area (TPSA) is 110 Å². The number of pyridine rings is 2. The van der Waals surface area contributed by atoms with Crippen LogP contribution in [0, 0.1) is 6.92 Å². The van der Waals surface area contributed by atoms with Gasteiger partial charge in [0.25, 0.3) is 10.0 Å². The van der Waals surface area contributed by atoms with E-state index in [2.05, 4.69) is 14.7 Å². The highest BCUT2D eigenvalue weighted by Crippen LogP contribution is 2.39. The van der Waals surface area contributed by atoms with Crippen LogP contribution >= 0.6 is 0 Å². The molecule has 4 heterocycles. The molecule has 1 spiro atoms. The van der Waals surface area contributed by atoms with E-state index in [-0.39, 0.29) is 28.1 Å². The maximum absolute atomic E-state index is 13.7. The van der Waals surface area contributed by atoms with Gasteiger partial charge in [0.15, 0.2) is 5.03 Å². The molecule has 2 aromatic heterocycles. The van der Waals surface area contributed by atoms with Gasteiger partial charge in [-0.05, 0) is 43.2 Å². The molecule has 0 amide bonds. The monoisotopic (exact) mass is 519 g/mol. The van der Waals surface area contributed by atoms with Crippen LogP contribution in [0.2, 0.25) is 0 Å². The molecule has 36 heavy (non-hydrogen) atoms. The third-order valence-electron chi connectivity index (χ3n) is 6.56. The van der Waals surface area contributed by atoms with Gasteiger partial charge in [-0.15, -0.1) is 0 Å². The number of nitrogens with zero attached hydrogens (tertiary/aromatic N) is 3. The van der Waals surface area contributed by atoms with E-state index in [4.69, 9.17) is 10.5 Å². The summed E-state index contributed by atoms with van der Waals surface area (Å²) in [7, 11) is -4.24. The van der Waals surface area contributed by atoms with E-state index in [1.54, 1.807) is 37.3 Å². The Bertz CT molecular complexity index is 1410. The number of hydrogen-bond acceptors (Lipinski definition) is 7. The van der Waals surface area contributed by atoms with E-state index in [0.717, 1.165) is 18.6 Å². The highest BCUT2D eigenvalue weighted by atomic mass is 32.2. The van der Waals surface area contributed by atoms with Gasteiger partial charge in [0.1, 0.15) is 17.2 Å². The molecule has 0 saturated carbocycles. The fraction of sp³-hybridized carbons (Fsp3) is 0.333. The van der Waals surface area contributed by atoms with Gasteiger partial charge in [0, 0.05) is 18.2 Å². The predicted octanol–water partition coefficient (Wildman–Crippen LogP) is 3.58. The first kappa shape index (κ1) is 24.5. The van der Waals surface area contributed by atoms with Crippen LogP contribution in [0.5, 0.6) is 0 Å². The van der Waals surface area contributed by atoms with Gasteiger partial charge in [0.05, 0.1) is 24.3 Å². The fourth-order valence-corrected chi connectivity index (χ4v) is 5.52. The summed E-state index contributed by atoms with van der Waals surface area (Å²) in [5.41, 5.74) is 5.21. The molecule has 190 valence electrons. The molecule has 3 aromatic rings. The third-order valence-corrected chi connectivity index (χ3v) is 7.81. The minimum absolute atomic E-state index is 0.0875. The molecule has 0 aliphatic carbocycles. The standard InChI is InChI=1S/C24H24F3N5O3S/c1-15-5-2-3-6-16(15)22-17(24(25,26)27)9-10-19(29-22)31-36(33,34)21-8-4-7-20(30-21)32-13-23(14-32)18(28)11-12-35-23/h2-10,18H,11-14,28H2,1H3,(H,29,31). The summed E-state index contributed by atoms with van der Waals surface area (Å²) in [6.07, 6.45) is -3.90. The van der Waals surface area contributed by atoms with Crippen LogP contribution in [0.15, 0.2) is 59.6 Å². The summed E-state index contributed by atoms with van der Waals surface area (Å²) in [5, 5.41) is -0.281. The Balaban J connectivity index is 1.42. The van der Waals surface area contributed by atoms with E-state index >= 15 is 0 Å². The Morgan fingerprint density at radius 2 is 1.83 bits per heavy atom. The lowest BCUT2D eigenvalue weighted by atomic mass is 9.87. The zero-order valence-electron chi connectivity index (χ0n) is 19.3. The molecule has 1 unspecified atom stereocenters. The van der Waals surface area contributed by atoms with Gasteiger partial charge in [-0.1, -0.05) is 30.3 Å². The van der Waals surface area contributed by atoms with Crippen LogP contribution in [-0.2, 0) is 20.9 Å². The van der Waals surface area contributed by atoms with Gasteiger partial charge >= 0.3 is 6.18 Å². The van der Waals surface area contributed by atoms with E-state index in [1.807, 2.05) is 4.90 Å². The summed E-state index contributed by atoms with van der Waals surface area (Å²) >= 11 is 0. The van der Waals surface area contributed by atoms with E-state index in [0.29, 0.717) is 31.1 Å². The number of ether oxygens (including phenoxy) is 1. The smallest absolute Gasteiger partial charge is 0.370 e. The number of nitrogens with one attached hydrogen (secondary N) is 1. The lowest BCUT2D eigenvalue weighted by Crippen LogP contribution is -2.68. The molecule has 2 saturated heterocycles. The van der Waals surface area contributed by atoms with Crippen molar-refractivity contribution in [1.29, 1.82) is 0 Å². The minimum Gasteiger partial charge on any atom is -0.370 e. The molecule has 2 aliphatic rings. The van der Waals surface area contributed by atoms with Crippen molar-refractivity contribution in [3.05, 3.63) is 65.7 Å². The number of hydrogen-bond donors (Lipinski definition) is 2. The van der Waals surface area contributed by atoms with Crippen molar-refractivity contribution in [2.75, 3.05) is 29.3 Å². The van der Waals surface area contributed by atoms with Gasteiger partial charge in [0.2, 0.25) is 0 Å². The maximum Gasteiger partial charge on any atom is 0.418 e. The minimum atomic E-state index is -4.67. The SMILES string of the molecule is Cc1ccccc1-c1nc(NS(=O)(=O)c2cccc(N3CC4(C3)OCCC4N)n2)ccc1C(F)(F)F. The predicted molar refractivity (Wildman–Crippen MR) is 128 cm³/mol. The normalized spacial score (nSPS) is 19.4. The molecule has 8 nitrogen and oxygen atoms in total. The lowest BCUT2D eigenvalue weighted by Gasteiger charge is -2.49. The molecule has 0 radical (unpaired) electrons. The van der Waals surface area contributed by atoms with Gasteiger partial charge in [-0.3, -0.25) is 4.72 Å². The number of sulfonamides is 1. The molecule has 2 aliphatic heterocycles. The first-order valence-corrected chi connectivity index (χ1v) is 12.8. The van der Waals surface area contributed by atoms with E-state index in [1.165, 1.54) is 12.1 Å². The number of nitrogens with two attached hydrogens (primary N) is 1. The lowest BCUT2D eigenvalue weighted by molar-refractivity contribution is -0.137. The first-order chi connectivity index (χ1) is 17.0. The highest BCUT2D eigenvalue weighted by molar-refractivity contribution is 7.92. The zero-order chi connectivity index (χ0) is 25.7. The van der Waals surface area contributed by atoms with Crippen molar-refractivity contribution in [2.24, 2.45) is 5.73 Å². The Morgan fingerprint density at radius 3 is 2.50 bits per heavy atom. The van der Waals surface area contributed by atoms with Crippen LogP contribution in [-0.4, -0.2) is 49.7 Å². The second-order valence-electron chi connectivity index (χ2n) is 9.01. The zero-order valence-corrected chi connectivity index (χ0v) is 20.1. The Labute approximate surface area is 206 Å². The van der Waals surface area contributed by atoms with Crippen LogP contribution < -0.4 is 15.4 Å². The molecule has 1 aromatic carbocycles. The fourth-order valence-electron chi connectivity index (χ4n) is 4.56. The van der Waals surface area contributed by atoms with Gasteiger partial charge in [-0.25, -0.2) is 9.97 Å². The van der Waals surface area contributed by atoms with Crippen molar-refractivity contribution >= 4 is 21.7 Å². The van der Waals surface area contributed by atoms with Crippen molar-refractivity contribution in [3.63, 3.8) is 0 Å². The van der Waals surface area contributed by atoms with Crippen molar-refractivity contribution < 1.29 is 26.3 Å². The van der Waals surface area contributed by atoms with Gasteiger partial charge in [-0.2, -0.15) is 21.6 Å². The van der Waals surface area contributed by atoms with Crippen LogP contribution in [0.25, 0.3) is 11.3 Å². The van der Waals surface area contributed by atoms with E-state index < -0.39 is 27.4 Å². The summed E-state index contributed by atoms with van der Waals surface area (Å²) in [6, 6.07) is 12.7. The molecule has 0 bridgehead atoms. The number of aromatic nitrogens is 2. The summed E-state index contributed by atoms with van der Waals surface area (Å²) in [6.45, 7) is 3.24. The number of rotatable bonds is 5. The van der Waals surface area contributed by atoms with Crippen LogP contribution in [0.3, 0.4) is 0 Å². The number of aryl methyl sites for hydroxylation is 1. The van der Waals surface area contributed by atoms with Crippen molar-refractivity contribution in [2.45, 2.75) is 36.2 Å². The number of alkyl halides is 3. The summed E-state index contributed by atoms with van der Waals surface area (Å²) in [4.78, 5) is 10.2. The second kappa shape index (κ2) is 8.71. The second-order valence-corrected chi connectivity index (χ2v) is 10.6. The number of benzene rings is 1. The first-order valence-electron chi connectivity index (χ1n) is 11.3. The Kier molecular flexibility index (Phi) is 5.92. The molecule has 3 N–H and O–H groups in total. The van der Waals surface area contributed by atoms with Crippen LogP contribution in [0.1, 0.15) is 17.5 Å². The maximum atomic E-state index is 13.7. The van der Waals surface area contributed by atoms with E-state index in [9.17, 15) is 21.6 Å². The Hall–Kier alpha value is -3.22. The van der Waals surface area contributed by atoms with Crippen molar-refractivity contribution in [3.8, 4) is 11.3 Å². The largest absolute Gasteiger partial charge is 0.418 e. The number of halogens is 3. The average molecular weight is 520 g/mol. The molecule has 1 atom stereocenters. The van der Waals surface area contributed by atoms with Gasteiger partial charge < -0.3 is 15.4 Å². The van der Waals surface area contributed by atoms with Crippen LogP contribution in [0.4, 0.5) is 24.8 Å². The Morgan fingerprint density at radius 1 is 1.08 bits per heavy atom.